The van der Waals surface area contributed by atoms with Gasteiger partial charge in [0.1, 0.15) is 6.61 Å². The van der Waals surface area contributed by atoms with Gasteiger partial charge in [-0.15, -0.1) is 0 Å². The molecule has 0 N–H and O–H groups in total. The number of hydrogen-bond acceptors (Lipinski definition) is 11. The highest BCUT2D eigenvalue weighted by atomic mass is 16.6. The average Bonchev–Trinajstić information content (AvgIpc) is 2.87. The van der Waals surface area contributed by atoms with Crippen LogP contribution >= 0.6 is 0 Å². The lowest BCUT2D eigenvalue weighted by atomic mass is 10.6. The van der Waals surface area contributed by atoms with Crippen molar-refractivity contribution < 1.29 is 52.1 Å². The molecule has 11 nitrogen and oxygen atoms in total. The van der Waals surface area contributed by atoms with Crippen LogP contribution in [0.4, 0.5) is 0 Å². The van der Waals surface area contributed by atoms with E-state index in [1.54, 1.807) is 0 Å². The minimum absolute atomic E-state index is 0.506. The van der Waals surface area contributed by atoms with E-state index < -0.39 is 0 Å². The van der Waals surface area contributed by atoms with Crippen molar-refractivity contribution in [1.82, 2.24) is 0 Å². The minimum atomic E-state index is 0.506. The summed E-state index contributed by atoms with van der Waals surface area (Å²) < 4.78 is 58.7. The van der Waals surface area contributed by atoms with Gasteiger partial charge in [-0.1, -0.05) is 6.58 Å². The molecule has 0 aliphatic heterocycles. The van der Waals surface area contributed by atoms with Crippen LogP contribution in [-0.4, -0.2) is 139 Å². The third-order valence-electron chi connectivity index (χ3n) is 4.02. The van der Waals surface area contributed by atoms with E-state index in [-0.39, 0.29) is 0 Å². The standard InChI is InChI=1S/C24H48O11/c1-3-25-5-7-27-9-11-29-13-15-31-17-19-33-21-23-35-24-22-34-20-18-32-16-14-30-12-10-28-8-6-26-4-2/h3H,1,4-24H2,2H3. The maximum Gasteiger partial charge on any atom is 0.111 e. The van der Waals surface area contributed by atoms with Crippen molar-refractivity contribution >= 4 is 0 Å². The first kappa shape index (κ1) is 34.1. The summed E-state index contributed by atoms with van der Waals surface area (Å²) in [7, 11) is 0. The van der Waals surface area contributed by atoms with Crippen molar-refractivity contribution in [3.05, 3.63) is 12.8 Å². The van der Waals surface area contributed by atoms with Crippen molar-refractivity contribution in [1.29, 1.82) is 0 Å². The van der Waals surface area contributed by atoms with Gasteiger partial charge in [0, 0.05) is 6.61 Å². The minimum Gasteiger partial charge on any atom is -0.499 e. The zero-order chi connectivity index (χ0) is 25.3. The van der Waals surface area contributed by atoms with Crippen LogP contribution in [-0.2, 0) is 52.1 Å². The topological polar surface area (TPSA) is 102 Å². The molecule has 0 saturated heterocycles. The molecule has 0 saturated carbocycles. The number of rotatable bonds is 32. The second-order valence-electron chi connectivity index (χ2n) is 6.75. The highest BCUT2D eigenvalue weighted by molar-refractivity contribution is 4.47. The first-order valence-corrected chi connectivity index (χ1v) is 12.4. The number of hydrogen-bond donors (Lipinski definition) is 0. The van der Waals surface area contributed by atoms with Crippen LogP contribution < -0.4 is 0 Å². The SMILES string of the molecule is C=COCCOCCOCCOCCOCCOCCOCCOCCOCCOCCOCC. The summed E-state index contributed by atoms with van der Waals surface area (Å²) in [6, 6.07) is 0. The monoisotopic (exact) mass is 512 g/mol. The van der Waals surface area contributed by atoms with Crippen LogP contribution in [0.3, 0.4) is 0 Å². The molecule has 35 heavy (non-hydrogen) atoms. The molecule has 0 aromatic carbocycles. The van der Waals surface area contributed by atoms with Crippen molar-refractivity contribution in [2.75, 3.05) is 139 Å². The van der Waals surface area contributed by atoms with E-state index in [4.69, 9.17) is 52.1 Å². The van der Waals surface area contributed by atoms with Gasteiger partial charge in [0.2, 0.25) is 0 Å². The zero-order valence-corrected chi connectivity index (χ0v) is 21.6. The van der Waals surface area contributed by atoms with Gasteiger partial charge in [-0.3, -0.25) is 0 Å². The second kappa shape index (κ2) is 33.1. The van der Waals surface area contributed by atoms with Gasteiger partial charge in [0.15, 0.2) is 0 Å². The Morgan fingerprint density at radius 3 is 0.743 bits per heavy atom. The van der Waals surface area contributed by atoms with E-state index in [1.165, 1.54) is 6.26 Å². The lowest BCUT2D eigenvalue weighted by Gasteiger charge is -2.09. The van der Waals surface area contributed by atoms with Crippen LogP contribution in [0, 0.1) is 0 Å². The summed E-state index contributed by atoms with van der Waals surface area (Å²) in [5.41, 5.74) is 0. The smallest absolute Gasteiger partial charge is 0.111 e. The van der Waals surface area contributed by atoms with Gasteiger partial charge < -0.3 is 52.1 Å². The molecular weight excluding hydrogens is 464 g/mol. The fourth-order valence-electron chi connectivity index (χ4n) is 2.31. The van der Waals surface area contributed by atoms with Crippen LogP contribution in [0.1, 0.15) is 6.92 Å². The third kappa shape index (κ3) is 33.1. The Bertz CT molecular complexity index is 388. The van der Waals surface area contributed by atoms with Gasteiger partial charge in [-0.05, 0) is 6.92 Å². The van der Waals surface area contributed by atoms with Crippen molar-refractivity contribution in [2.24, 2.45) is 0 Å². The summed E-state index contributed by atoms with van der Waals surface area (Å²) in [6.45, 7) is 16.9. The molecule has 0 aliphatic carbocycles. The molecule has 0 radical (unpaired) electrons. The van der Waals surface area contributed by atoms with Gasteiger partial charge >= 0.3 is 0 Å². The van der Waals surface area contributed by atoms with Crippen LogP contribution in [0.25, 0.3) is 0 Å². The normalized spacial score (nSPS) is 11.2. The average molecular weight is 513 g/mol. The maximum atomic E-state index is 5.44. The Labute approximate surface area is 211 Å². The zero-order valence-electron chi connectivity index (χ0n) is 21.6. The van der Waals surface area contributed by atoms with E-state index in [1.807, 2.05) is 6.92 Å². The van der Waals surface area contributed by atoms with E-state index in [0.717, 1.165) is 0 Å². The van der Waals surface area contributed by atoms with Crippen LogP contribution in [0.15, 0.2) is 12.8 Å². The van der Waals surface area contributed by atoms with Crippen LogP contribution in [0.5, 0.6) is 0 Å². The fourth-order valence-corrected chi connectivity index (χ4v) is 2.31. The molecule has 0 unspecified atom stereocenters. The molecule has 0 bridgehead atoms. The first-order valence-electron chi connectivity index (χ1n) is 12.4. The molecule has 0 amide bonds. The van der Waals surface area contributed by atoms with E-state index in [9.17, 15) is 0 Å². The predicted molar refractivity (Wildman–Crippen MR) is 130 cm³/mol. The summed E-state index contributed by atoms with van der Waals surface area (Å²) in [6.07, 6.45) is 1.40. The van der Waals surface area contributed by atoms with Crippen molar-refractivity contribution in [3.63, 3.8) is 0 Å². The molecule has 0 heterocycles. The summed E-state index contributed by atoms with van der Waals surface area (Å²) in [4.78, 5) is 0. The second-order valence-corrected chi connectivity index (χ2v) is 6.75. The van der Waals surface area contributed by atoms with Gasteiger partial charge in [-0.25, -0.2) is 0 Å². The summed E-state index contributed by atoms with van der Waals surface area (Å²) >= 11 is 0. The molecule has 0 atom stereocenters. The maximum absolute atomic E-state index is 5.44. The molecule has 11 heteroatoms. The molecular formula is C24H48O11. The Kier molecular flexibility index (Phi) is 32.3. The third-order valence-corrected chi connectivity index (χ3v) is 4.02. The van der Waals surface area contributed by atoms with E-state index in [0.29, 0.717) is 139 Å². The molecule has 0 fully saturated rings. The fraction of sp³-hybridized carbons (Fsp3) is 0.917. The van der Waals surface area contributed by atoms with Crippen molar-refractivity contribution in [3.8, 4) is 0 Å². The Morgan fingerprint density at radius 2 is 0.543 bits per heavy atom. The highest BCUT2D eigenvalue weighted by Crippen LogP contribution is 1.86. The first-order chi connectivity index (χ1) is 17.4. The largest absolute Gasteiger partial charge is 0.499 e. The summed E-state index contributed by atoms with van der Waals surface area (Å²) in [5, 5.41) is 0. The molecule has 0 rings (SSSR count). The molecule has 0 aromatic rings. The van der Waals surface area contributed by atoms with Gasteiger partial charge in [0.25, 0.3) is 0 Å². The predicted octanol–water partition coefficient (Wildman–Crippen LogP) is 1.33. The van der Waals surface area contributed by atoms with Crippen molar-refractivity contribution in [2.45, 2.75) is 6.92 Å². The van der Waals surface area contributed by atoms with Crippen LogP contribution in [0.2, 0.25) is 0 Å². The number of ether oxygens (including phenoxy) is 11. The molecule has 0 aliphatic rings. The molecule has 0 aromatic heterocycles. The van der Waals surface area contributed by atoms with Gasteiger partial charge in [-0.2, -0.15) is 0 Å². The van der Waals surface area contributed by atoms with Gasteiger partial charge in [0.05, 0.1) is 132 Å². The molecule has 0 spiro atoms. The Morgan fingerprint density at radius 1 is 0.343 bits per heavy atom. The highest BCUT2D eigenvalue weighted by Gasteiger charge is 1.95. The lowest BCUT2D eigenvalue weighted by Crippen LogP contribution is -2.15. The molecule has 210 valence electrons. The Hall–Kier alpha value is -0.860. The lowest BCUT2D eigenvalue weighted by molar-refractivity contribution is -0.0267. The summed E-state index contributed by atoms with van der Waals surface area (Å²) in [5.74, 6) is 0. The quantitative estimate of drug-likeness (QED) is 0.0964. The Balaban J connectivity index is 3.00. The van der Waals surface area contributed by atoms with E-state index >= 15 is 0 Å². The van der Waals surface area contributed by atoms with E-state index in [2.05, 4.69) is 6.58 Å².